The van der Waals surface area contributed by atoms with Crippen molar-refractivity contribution >= 4 is 11.9 Å². The number of ether oxygens (including phenoxy) is 2. The summed E-state index contributed by atoms with van der Waals surface area (Å²) in [6.45, 7) is 0.441. The number of nitrogens with one attached hydrogen (secondary N) is 1. The molecule has 1 amide bonds. The fraction of sp³-hybridized carbons (Fsp3) is 0.556. The summed E-state index contributed by atoms with van der Waals surface area (Å²) < 4.78 is 10.7. The number of carbonyl (C=O) groups is 2. The van der Waals surface area contributed by atoms with E-state index in [9.17, 15) is 14.7 Å². The van der Waals surface area contributed by atoms with Crippen molar-refractivity contribution in [3.8, 4) is 5.75 Å². The van der Waals surface area contributed by atoms with E-state index in [-0.39, 0.29) is 19.1 Å². The lowest BCUT2D eigenvalue weighted by Crippen LogP contribution is -2.55. The van der Waals surface area contributed by atoms with Gasteiger partial charge in [0.2, 0.25) is 5.91 Å². The molecule has 0 bridgehead atoms. The summed E-state index contributed by atoms with van der Waals surface area (Å²) in [6, 6.07) is 9.34. The van der Waals surface area contributed by atoms with Crippen LogP contribution in [-0.2, 0) is 14.3 Å². The molecule has 1 aliphatic carbocycles. The quantitative estimate of drug-likeness (QED) is 0.563. The molecule has 6 heteroatoms. The number of benzene rings is 1. The second kappa shape index (κ2) is 9.27. The van der Waals surface area contributed by atoms with Crippen LogP contribution in [0.1, 0.15) is 38.5 Å². The van der Waals surface area contributed by atoms with Gasteiger partial charge in [-0.1, -0.05) is 43.9 Å². The van der Waals surface area contributed by atoms with Crippen LogP contribution in [0, 0.1) is 0 Å². The molecule has 132 valence electrons. The molecular weight excluding hydrogens is 310 g/mol. The third-order valence-electron chi connectivity index (χ3n) is 4.22. The van der Waals surface area contributed by atoms with E-state index >= 15 is 0 Å². The van der Waals surface area contributed by atoms with E-state index in [0.717, 1.165) is 31.4 Å². The van der Waals surface area contributed by atoms with Gasteiger partial charge in [0.25, 0.3) is 0 Å². The molecule has 1 aromatic carbocycles. The molecule has 1 aromatic rings. The van der Waals surface area contributed by atoms with Crippen LogP contribution in [0.25, 0.3) is 0 Å². The molecule has 6 nitrogen and oxygen atoms in total. The molecule has 2 N–H and O–H groups in total. The van der Waals surface area contributed by atoms with Crippen LogP contribution in [0.4, 0.5) is 0 Å². The molecule has 2 rings (SSSR count). The average molecular weight is 335 g/mol. The van der Waals surface area contributed by atoms with Crippen molar-refractivity contribution in [3.05, 3.63) is 30.3 Å². The highest BCUT2D eigenvalue weighted by Crippen LogP contribution is 2.27. The van der Waals surface area contributed by atoms with Crippen molar-refractivity contribution in [2.24, 2.45) is 0 Å². The summed E-state index contributed by atoms with van der Waals surface area (Å²) in [5, 5.41) is 12.2. The Morgan fingerprint density at radius 1 is 1.04 bits per heavy atom. The van der Waals surface area contributed by atoms with Gasteiger partial charge in [0, 0.05) is 0 Å². The number of carboxylic acids is 1. The van der Waals surface area contributed by atoms with E-state index in [1.807, 2.05) is 30.3 Å². The predicted octanol–water partition coefficient (Wildman–Crippen LogP) is 2.38. The highest BCUT2D eigenvalue weighted by Gasteiger charge is 2.39. The third-order valence-corrected chi connectivity index (χ3v) is 4.22. The minimum absolute atomic E-state index is 0.160. The van der Waals surface area contributed by atoms with Crippen LogP contribution in [0.3, 0.4) is 0 Å². The molecule has 1 aliphatic rings. The third kappa shape index (κ3) is 5.53. The number of rotatable bonds is 8. The van der Waals surface area contributed by atoms with Gasteiger partial charge in [-0.25, -0.2) is 4.79 Å². The molecule has 0 radical (unpaired) electrons. The fourth-order valence-corrected chi connectivity index (χ4v) is 2.93. The van der Waals surface area contributed by atoms with Gasteiger partial charge < -0.3 is 19.9 Å². The standard InChI is InChI=1S/C18H25NO5/c20-16(14-23-12-13-24-15-8-4-3-5-9-15)19-18(17(21)22)10-6-1-2-7-11-18/h3-5,8-9H,1-2,6-7,10-14H2,(H,19,20)(H,21,22). The largest absolute Gasteiger partial charge is 0.491 e. The maximum Gasteiger partial charge on any atom is 0.329 e. The number of amides is 1. The van der Waals surface area contributed by atoms with Crippen molar-refractivity contribution < 1.29 is 24.2 Å². The summed E-state index contributed by atoms with van der Waals surface area (Å²) in [6.07, 6.45) is 4.61. The first-order valence-electron chi connectivity index (χ1n) is 8.42. The van der Waals surface area contributed by atoms with Gasteiger partial charge in [-0.2, -0.15) is 0 Å². The Kier molecular flexibility index (Phi) is 7.06. The van der Waals surface area contributed by atoms with Crippen molar-refractivity contribution in [2.45, 2.75) is 44.1 Å². The SMILES string of the molecule is O=C(COCCOc1ccccc1)NC1(C(=O)O)CCCCCC1. The molecule has 24 heavy (non-hydrogen) atoms. The van der Waals surface area contributed by atoms with Crippen LogP contribution in [-0.4, -0.2) is 42.3 Å². The van der Waals surface area contributed by atoms with Crippen molar-refractivity contribution in [1.29, 1.82) is 0 Å². The molecule has 0 spiro atoms. The predicted molar refractivity (Wildman–Crippen MR) is 89.0 cm³/mol. The Balaban J connectivity index is 1.70. The Morgan fingerprint density at radius 3 is 2.33 bits per heavy atom. The first-order valence-corrected chi connectivity index (χ1v) is 8.42. The Bertz CT molecular complexity index is 523. The Hall–Kier alpha value is -2.08. The highest BCUT2D eigenvalue weighted by atomic mass is 16.5. The van der Waals surface area contributed by atoms with Crippen molar-refractivity contribution in [2.75, 3.05) is 19.8 Å². The van der Waals surface area contributed by atoms with Crippen LogP contribution in [0.2, 0.25) is 0 Å². The molecule has 0 aliphatic heterocycles. The number of carbonyl (C=O) groups excluding carboxylic acids is 1. The number of carboxylic acid groups (broad SMARTS) is 1. The fourth-order valence-electron chi connectivity index (χ4n) is 2.93. The molecule has 1 saturated carbocycles. The lowest BCUT2D eigenvalue weighted by molar-refractivity contribution is -0.149. The lowest BCUT2D eigenvalue weighted by atomic mass is 9.90. The molecule has 0 unspecified atom stereocenters. The molecular formula is C18H25NO5. The highest BCUT2D eigenvalue weighted by molar-refractivity contribution is 5.87. The normalized spacial score (nSPS) is 16.8. The van der Waals surface area contributed by atoms with Crippen LogP contribution in [0.5, 0.6) is 5.75 Å². The zero-order valence-corrected chi connectivity index (χ0v) is 13.8. The summed E-state index contributed by atoms with van der Waals surface area (Å²) in [5.41, 5.74) is -1.14. The van der Waals surface area contributed by atoms with Gasteiger partial charge in [-0.15, -0.1) is 0 Å². The van der Waals surface area contributed by atoms with Crippen LogP contribution >= 0.6 is 0 Å². The van der Waals surface area contributed by atoms with E-state index in [2.05, 4.69) is 5.32 Å². The average Bonchev–Trinajstić information content (AvgIpc) is 2.82. The second-order valence-electron chi connectivity index (χ2n) is 6.06. The zero-order chi connectivity index (χ0) is 17.3. The van der Waals surface area contributed by atoms with Gasteiger partial charge in [-0.05, 0) is 25.0 Å². The number of hydrogen-bond acceptors (Lipinski definition) is 4. The minimum Gasteiger partial charge on any atom is -0.491 e. The van der Waals surface area contributed by atoms with Crippen molar-refractivity contribution in [3.63, 3.8) is 0 Å². The number of aliphatic carboxylic acids is 1. The summed E-state index contributed by atoms with van der Waals surface area (Å²) >= 11 is 0. The van der Waals surface area contributed by atoms with Gasteiger partial charge in [0.15, 0.2) is 0 Å². The van der Waals surface area contributed by atoms with E-state index in [4.69, 9.17) is 9.47 Å². The van der Waals surface area contributed by atoms with Crippen molar-refractivity contribution in [1.82, 2.24) is 5.32 Å². The first-order chi connectivity index (χ1) is 11.6. The maximum atomic E-state index is 12.0. The molecule has 0 aromatic heterocycles. The summed E-state index contributed by atoms with van der Waals surface area (Å²) in [4.78, 5) is 23.6. The van der Waals surface area contributed by atoms with E-state index in [1.165, 1.54) is 0 Å². The molecule has 0 heterocycles. The van der Waals surface area contributed by atoms with E-state index < -0.39 is 11.5 Å². The van der Waals surface area contributed by atoms with E-state index in [0.29, 0.717) is 19.4 Å². The molecule has 0 atom stereocenters. The van der Waals surface area contributed by atoms with Gasteiger partial charge in [-0.3, -0.25) is 4.79 Å². The van der Waals surface area contributed by atoms with Crippen LogP contribution in [0.15, 0.2) is 30.3 Å². The second-order valence-corrected chi connectivity index (χ2v) is 6.06. The smallest absolute Gasteiger partial charge is 0.329 e. The van der Waals surface area contributed by atoms with Gasteiger partial charge in [0.1, 0.15) is 24.5 Å². The zero-order valence-electron chi connectivity index (χ0n) is 13.8. The minimum atomic E-state index is -1.14. The number of para-hydroxylation sites is 1. The summed E-state index contributed by atoms with van der Waals surface area (Å²) in [5.74, 6) is -0.599. The monoisotopic (exact) mass is 335 g/mol. The topological polar surface area (TPSA) is 84.9 Å². The molecule has 1 fully saturated rings. The summed E-state index contributed by atoms with van der Waals surface area (Å²) in [7, 11) is 0. The molecule has 0 saturated heterocycles. The van der Waals surface area contributed by atoms with Gasteiger partial charge in [0.05, 0.1) is 6.61 Å². The number of hydrogen-bond donors (Lipinski definition) is 2. The van der Waals surface area contributed by atoms with E-state index in [1.54, 1.807) is 0 Å². The lowest BCUT2D eigenvalue weighted by Gasteiger charge is -2.29. The van der Waals surface area contributed by atoms with Crippen LogP contribution < -0.4 is 10.1 Å². The van der Waals surface area contributed by atoms with Gasteiger partial charge >= 0.3 is 5.97 Å². The first kappa shape index (κ1) is 18.3. The Labute approximate surface area is 142 Å². The maximum absolute atomic E-state index is 12.0. The Morgan fingerprint density at radius 2 is 1.71 bits per heavy atom.